The fourth-order valence-corrected chi connectivity index (χ4v) is 4.12. The smallest absolute Gasteiger partial charge is 0.239 e. The van der Waals surface area contributed by atoms with Crippen molar-refractivity contribution in [2.75, 3.05) is 11.5 Å². The summed E-state index contributed by atoms with van der Waals surface area (Å²) in [5, 5.41) is 0. The summed E-state index contributed by atoms with van der Waals surface area (Å²) in [6, 6.07) is 5.95. The van der Waals surface area contributed by atoms with Gasteiger partial charge in [-0.1, -0.05) is 6.07 Å². The van der Waals surface area contributed by atoms with Crippen LogP contribution in [-0.4, -0.2) is 21.3 Å². The molecule has 1 unspecified atom stereocenters. The molecular formula is C14H18N2OS. The van der Waals surface area contributed by atoms with Gasteiger partial charge in [0.25, 0.3) is 0 Å². The summed E-state index contributed by atoms with van der Waals surface area (Å²) in [7, 11) is 0. The molecule has 2 heterocycles. The molecule has 0 bridgehead atoms. The number of fused-ring (bicyclic) bond motifs is 1. The van der Waals surface area contributed by atoms with Gasteiger partial charge in [-0.05, 0) is 48.8 Å². The second-order valence-electron chi connectivity index (χ2n) is 5.37. The number of nitrogen functional groups attached to an aromatic ring is 1. The zero-order valence-corrected chi connectivity index (χ0v) is 11.4. The van der Waals surface area contributed by atoms with Crippen molar-refractivity contribution >= 4 is 23.4 Å². The summed E-state index contributed by atoms with van der Waals surface area (Å²) < 4.78 is -0.201. The molecule has 1 aromatic rings. The number of thioether (sulfide) groups is 1. The Kier molecular flexibility index (Phi) is 2.77. The van der Waals surface area contributed by atoms with Crippen molar-refractivity contribution in [3.05, 3.63) is 29.3 Å². The molecule has 96 valence electrons. The third kappa shape index (κ3) is 1.88. The minimum Gasteiger partial charge on any atom is -0.399 e. The number of benzene rings is 1. The van der Waals surface area contributed by atoms with E-state index in [-0.39, 0.29) is 4.75 Å². The molecule has 1 atom stereocenters. The maximum Gasteiger partial charge on any atom is 0.239 e. The number of carbonyl (C=O) groups excluding carboxylic acids is 1. The number of anilines is 1. The molecule has 4 heteroatoms. The van der Waals surface area contributed by atoms with Crippen LogP contribution >= 0.6 is 11.8 Å². The van der Waals surface area contributed by atoms with Crippen LogP contribution in [0.5, 0.6) is 0 Å². The Balaban J connectivity index is 1.79. The molecule has 0 aromatic heterocycles. The van der Waals surface area contributed by atoms with Gasteiger partial charge in [0, 0.05) is 18.8 Å². The van der Waals surface area contributed by atoms with Gasteiger partial charge in [-0.25, -0.2) is 0 Å². The first kappa shape index (κ1) is 11.9. The Morgan fingerprint density at radius 1 is 1.39 bits per heavy atom. The van der Waals surface area contributed by atoms with E-state index >= 15 is 0 Å². The van der Waals surface area contributed by atoms with Crippen molar-refractivity contribution in [1.82, 2.24) is 4.90 Å². The van der Waals surface area contributed by atoms with Gasteiger partial charge in [-0.2, -0.15) is 0 Å². The predicted octanol–water partition coefficient (Wildman–Crippen LogP) is 2.40. The van der Waals surface area contributed by atoms with Crippen LogP contribution < -0.4 is 5.73 Å². The maximum atomic E-state index is 12.6. The van der Waals surface area contributed by atoms with E-state index in [0.29, 0.717) is 5.91 Å². The van der Waals surface area contributed by atoms with Crippen molar-refractivity contribution in [3.63, 3.8) is 0 Å². The van der Waals surface area contributed by atoms with E-state index in [1.807, 2.05) is 23.1 Å². The van der Waals surface area contributed by atoms with E-state index in [9.17, 15) is 4.79 Å². The summed E-state index contributed by atoms with van der Waals surface area (Å²) in [6.07, 6.45) is 2.16. The Morgan fingerprint density at radius 2 is 2.17 bits per heavy atom. The van der Waals surface area contributed by atoms with Crippen LogP contribution in [0.25, 0.3) is 0 Å². The summed E-state index contributed by atoms with van der Waals surface area (Å²) in [6.45, 7) is 3.55. The standard InChI is InChI=1S/C14H18N2OS/c1-14(5-2-6-18-14)13(17)16-8-10-3-4-12(15)7-11(10)9-16/h3-4,7H,2,5-6,8-9,15H2,1H3. The van der Waals surface area contributed by atoms with Gasteiger partial charge >= 0.3 is 0 Å². The SMILES string of the molecule is CC1(C(=O)N2Cc3ccc(N)cc3C2)CCCS1. The van der Waals surface area contributed by atoms with Gasteiger partial charge in [-0.15, -0.1) is 11.8 Å². The molecule has 2 aliphatic rings. The lowest BCUT2D eigenvalue weighted by Crippen LogP contribution is -2.40. The summed E-state index contributed by atoms with van der Waals surface area (Å²) >= 11 is 1.81. The number of carbonyl (C=O) groups is 1. The molecule has 0 spiro atoms. The van der Waals surface area contributed by atoms with Crippen molar-refractivity contribution in [2.45, 2.75) is 37.6 Å². The quantitative estimate of drug-likeness (QED) is 0.791. The highest BCUT2D eigenvalue weighted by Gasteiger charge is 2.41. The zero-order valence-electron chi connectivity index (χ0n) is 10.6. The molecule has 18 heavy (non-hydrogen) atoms. The minimum absolute atomic E-state index is 0.201. The largest absolute Gasteiger partial charge is 0.399 e. The molecule has 1 aromatic carbocycles. The molecule has 1 amide bonds. The molecule has 2 N–H and O–H groups in total. The van der Waals surface area contributed by atoms with Crippen molar-refractivity contribution in [3.8, 4) is 0 Å². The van der Waals surface area contributed by atoms with Gasteiger partial charge in [0.05, 0.1) is 4.75 Å². The van der Waals surface area contributed by atoms with E-state index in [2.05, 4.69) is 6.92 Å². The summed E-state index contributed by atoms with van der Waals surface area (Å²) in [5.74, 6) is 1.40. The number of nitrogens with two attached hydrogens (primary N) is 1. The van der Waals surface area contributed by atoms with E-state index in [4.69, 9.17) is 5.73 Å². The summed E-state index contributed by atoms with van der Waals surface area (Å²) in [5.41, 5.74) is 9.02. The second kappa shape index (κ2) is 4.19. The highest BCUT2D eigenvalue weighted by Crippen LogP contribution is 2.40. The summed E-state index contributed by atoms with van der Waals surface area (Å²) in [4.78, 5) is 14.6. The van der Waals surface area contributed by atoms with Gasteiger partial charge in [0.15, 0.2) is 0 Å². The van der Waals surface area contributed by atoms with Gasteiger partial charge < -0.3 is 10.6 Å². The average molecular weight is 262 g/mol. The topological polar surface area (TPSA) is 46.3 Å². The minimum atomic E-state index is -0.201. The first-order valence-electron chi connectivity index (χ1n) is 6.39. The molecule has 1 fully saturated rings. The van der Waals surface area contributed by atoms with Gasteiger partial charge in [0.1, 0.15) is 0 Å². The maximum absolute atomic E-state index is 12.6. The number of amides is 1. The van der Waals surface area contributed by atoms with Crippen LogP contribution in [0, 0.1) is 0 Å². The highest BCUT2D eigenvalue weighted by molar-refractivity contribution is 8.01. The van der Waals surface area contributed by atoms with E-state index in [1.54, 1.807) is 11.8 Å². The molecule has 0 radical (unpaired) electrons. The highest BCUT2D eigenvalue weighted by atomic mass is 32.2. The first-order chi connectivity index (χ1) is 8.58. The Morgan fingerprint density at radius 3 is 2.89 bits per heavy atom. The van der Waals surface area contributed by atoms with Crippen LogP contribution in [0.1, 0.15) is 30.9 Å². The van der Waals surface area contributed by atoms with Crippen molar-refractivity contribution < 1.29 is 4.79 Å². The van der Waals surface area contributed by atoms with E-state index in [1.165, 1.54) is 11.1 Å². The molecule has 2 aliphatic heterocycles. The normalized spacial score (nSPS) is 26.4. The van der Waals surface area contributed by atoms with E-state index in [0.717, 1.165) is 37.4 Å². The second-order valence-corrected chi connectivity index (χ2v) is 6.97. The van der Waals surface area contributed by atoms with Crippen LogP contribution in [0.4, 0.5) is 5.69 Å². The Bertz CT molecular complexity index is 495. The number of hydrogen-bond donors (Lipinski definition) is 1. The Hall–Kier alpha value is -1.16. The number of nitrogens with zero attached hydrogens (tertiary/aromatic N) is 1. The lowest BCUT2D eigenvalue weighted by atomic mass is 10.0. The molecule has 0 saturated carbocycles. The monoisotopic (exact) mass is 262 g/mol. The van der Waals surface area contributed by atoms with Crippen LogP contribution in [0.15, 0.2) is 18.2 Å². The lowest BCUT2D eigenvalue weighted by Gasteiger charge is -2.27. The van der Waals surface area contributed by atoms with Gasteiger partial charge in [-0.3, -0.25) is 4.79 Å². The molecular weight excluding hydrogens is 244 g/mol. The molecule has 3 nitrogen and oxygen atoms in total. The lowest BCUT2D eigenvalue weighted by molar-refractivity contribution is -0.134. The van der Waals surface area contributed by atoms with Gasteiger partial charge in [0.2, 0.25) is 5.91 Å². The third-order valence-electron chi connectivity index (χ3n) is 3.91. The average Bonchev–Trinajstić information content (AvgIpc) is 2.94. The zero-order chi connectivity index (χ0) is 12.8. The number of rotatable bonds is 1. The van der Waals surface area contributed by atoms with Crippen LogP contribution in [0.2, 0.25) is 0 Å². The predicted molar refractivity (Wildman–Crippen MR) is 75.2 cm³/mol. The fourth-order valence-electron chi connectivity index (χ4n) is 2.84. The fraction of sp³-hybridized carbons (Fsp3) is 0.500. The van der Waals surface area contributed by atoms with Crippen LogP contribution in [0.3, 0.4) is 0 Å². The molecule has 1 saturated heterocycles. The molecule has 0 aliphatic carbocycles. The first-order valence-corrected chi connectivity index (χ1v) is 7.38. The van der Waals surface area contributed by atoms with E-state index < -0.39 is 0 Å². The third-order valence-corrected chi connectivity index (χ3v) is 5.42. The van der Waals surface area contributed by atoms with Crippen LogP contribution in [-0.2, 0) is 17.9 Å². The van der Waals surface area contributed by atoms with Crippen molar-refractivity contribution in [2.24, 2.45) is 0 Å². The number of hydrogen-bond acceptors (Lipinski definition) is 3. The van der Waals surface area contributed by atoms with Crippen molar-refractivity contribution in [1.29, 1.82) is 0 Å². The Labute approximate surface area is 112 Å². The molecule has 3 rings (SSSR count).